The number of aliphatic hydroxyl groups excluding tert-OH is 1. The molecule has 0 radical (unpaired) electrons. The predicted molar refractivity (Wildman–Crippen MR) is 423 cm³/mol. The lowest BCUT2D eigenvalue weighted by Crippen LogP contribution is -2.64. The number of amides is 14. The van der Waals surface area contributed by atoms with E-state index in [-0.39, 0.29) is 101 Å². The highest BCUT2D eigenvalue weighted by atomic mass is 35.5. The summed E-state index contributed by atoms with van der Waals surface area (Å²) in [6.07, 6.45) is 0.404. The zero-order chi connectivity index (χ0) is 84.5. The Kier molecular flexibility index (Phi) is 37.9. The minimum atomic E-state index is -1.83. The highest BCUT2D eigenvalue weighted by Gasteiger charge is 2.42. The summed E-state index contributed by atoms with van der Waals surface area (Å²) in [5, 5.41) is 60.9. The molecule has 0 spiro atoms. The van der Waals surface area contributed by atoms with Crippen LogP contribution in [-0.2, 0) is 97.6 Å². The highest BCUT2D eigenvalue weighted by molar-refractivity contribution is 7.81. The van der Waals surface area contributed by atoms with Gasteiger partial charge in [-0.15, -0.1) is 0 Å². The Balaban J connectivity index is 1.26. The molecule has 0 unspecified atom stereocenters. The van der Waals surface area contributed by atoms with Crippen molar-refractivity contribution >= 4 is 131 Å². The van der Waals surface area contributed by atoms with Crippen LogP contribution in [0.25, 0.3) is 0 Å². The summed E-state index contributed by atoms with van der Waals surface area (Å²) in [6.45, 7) is 5.29. The third-order valence-corrected chi connectivity index (χ3v) is 18.6. The number of imidazole rings is 1. The molecule has 5 rings (SSSR count). The molecule has 114 heavy (non-hydrogen) atoms. The first-order valence-electron chi connectivity index (χ1n) is 36.5. The Labute approximate surface area is 673 Å². The van der Waals surface area contributed by atoms with Crippen LogP contribution in [0.5, 0.6) is 5.75 Å². The fourth-order valence-electron chi connectivity index (χ4n) is 11.7. The Bertz CT molecular complexity index is 4010. The van der Waals surface area contributed by atoms with E-state index in [1.807, 2.05) is 0 Å². The molecule has 1 saturated heterocycles. The molecular weight excluding hydrogens is 1540 g/mol. The van der Waals surface area contributed by atoms with Gasteiger partial charge < -0.3 is 112 Å². The van der Waals surface area contributed by atoms with Crippen molar-refractivity contribution in [1.82, 2.24) is 78.7 Å². The van der Waals surface area contributed by atoms with Crippen LogP contribution >= 0.6 is 36.9 Å². The molecule has 1 fully saturated rings. The minimum Gasteiger partial charge on any atom is -0.508 e. The summed E-state index contributed by atoms with van der Waals surface area (Å²) >= 11 is 14.8. The van der Waals surface area contributed by atoms with E-state index in [1.54, 1.807) is 56.3 Å². The normalized spacial score (nSPS) is 15.4. The van der Waals surface area contributed by atoms with Crippen molar-refractivity contribution in [3.05, 3.63) is 119 Å². The largest absolute Gasteiger partial charge is 0.508 e. The van der Waals surface area contributed by atoms with Crippen LogP contribution in [0.4, 0.5) is 0 Å². The van der Waals surface area contributed by atoms with Gasteiger partial charge in [0.1, 0.15) is 66.2 Å². The van der Waals surface area contributed by atoms with E-state index in [0.29, 0.717) is 33.8 Å². The number of primary amides is 1. The number of nitrogens with two attached hydrogens (primary N) is 4. The average molecular weight is 1650 g/mol. The summed E-state index contributed by atoms with van der Waals surface area (Å²) in [6, 6.07) is 4.66. The standard InChI is InChI=1S/C73H103ClN20O18S2/c1-38(2)27-48(64(104)90-52(30-42-17-21-45(96)22-18-42)70(110)94-26-10-14-54(94)67(107)91-53(36-113)71(111)112)85-57(99)34-81-56(98)33-82-62(102)49(29-41-15-19-43(74)20-16-41)88-65(105)51(31-44-32-79-37-84-44)86-58(100)35-83-68(108)59(39(3)95)92-69(109)60(73(4,5)114)93-66(106)50(28-40-11-7-6-8-12-40)89-63(103)47(13-9-25-80-72(77)78)87-61(101)46(75)23-24-55(76)97/h6-8,11-12,15-22,32,37-39,46-54,59-60,95-96,113-114H,9-10,13-14,23-31,33-36,75H2,1-5H3,(H2,76,97)(H,79,84)(H,81,98)(H,82,102)(H,83,108)(H,85,99)(H,86,100)(H,87,101)(H,88,105)(H,89,103)(H,90,104)(H,91,107)(H,92,109)(H,93,106)(H,111,112)(H4,77,78,80)/t39-,46+,47+,48+,49+,50+,51+,52+,53+,54+,59+,60-/m1/s1. The molecule has 0 bridgehead atoms. The smallest absolute Gasteiger partial charge is 0.327 e. The van der Waals surface area contributed by atoms with Crippen LogP contribution in [-0.4, -0.2) is 241 Å². The molecule has 3 aromatic carbocycles. The fourth-order valence-corrected chi connectivity index (χ4v) is 12.3. The Hall–Kier alpha value is -11.1. The Morgan fingerprint density at radius 2 is 1.14 bits per heavy atom. The lowest BCUT2D eigenvalue weighted by molar-refractivity contribution is -0.144. The molecule has 1 aromatic heterocycles. The number of aromatic hydroxyl groups is 1. The van der Waals surface area contributed by atoms with Crippen molar-refractivity contribution in [2.24, 2.45) is 33.8 Å². The number of nitrogens with one attached hydrogen (secondary N) is 13. The summed E-state index contributed by atoms with van der Waals surface area (Å²) < 4.78 is -1.46. The predicted octanol–water partition coefficient (Wildman–Crippen LogP) is -4.46. The van der Waals surface area contributed by atoms with Gasteiger partial charge in [0.15, 0.2) is 5.96 Å². The van der Waals surface area contributed by atoms with Crippen molar-refractivity contribution in [2.75, 3.05) is 38.5 Å². The number of H-pyrrole nitrogens is 1. The van der Waals surface area contributed by atoms with Gasteiger partial charge in [-0.25, -0.2) is 9.78 Å². The molecule has 14 amide bonds. The van der Waals surface area contributed by atoms with Gasteiger partial charge in [-0.1, -0.05) is 80.0 Å². The van der Waals surface area contributed by atoms with Gasteiger partial charge in [0, 0.05) is 72.6 Å². The van der Waals surface area contributed by atoms with Gasteiger partial charge >= 0.3 is 5.97 Å². The number of benzene rings is 3. The Morgan fingerprint density at radius 3 is 1.71 bits per heavy atom. The van der Waals surface area contributed by atoms with Gasteiger partial charge in [-0.2, -0.15) is 25.3 Å². The van der Waals surface area contributed by atoms with Crippen molar-refractivity contribution < 1.29 is 87.2 Å². The number of aromatic amines is 1. The fraction of sp³-hybridized carbons (Fsp3) is 0.493. The topological polar surface area (TPSA) is 609 Å². The molecule has 4 aromatic rings. The number of halogens is 1. The number of hydrogen-bond donors (Lipinski definition) is 22. The van der Waals surface area contributed by atoms with Gasteiger partial charge in [0.05, 0.1) is 38.1 Å². The van der Waals surface area contributed by atoms with E-state index in [0.717, 1.165) is 6.92 Å². The van der Waals surface area contributed by atoms with E-state index in [1.165, 1.54) is 67.7 Å². The molecule has 41 heteroatoms. The SMILES string of the molecule is CC(C)C[C@H](NC(=O)CNC(=O)CNC(=O)[C@H](Cc1ccc(Cl)cc1)NC(=O)[C@H](Cc1cnc[nH]1)NC(=O)CNC(=O)[C@@H](NC(=O)[C@@H](NC(=O)[C@H](Cc1ccccc1)NC(=O)[C@H](CCCN=C(N)N)NC(=O)[C@@H](N)CCC(N)=O)C(C)(C)S)[C@@H](C)O)C(=O)N[C@@H](Cc1ccc(O)cc1)C(=O)N1CCC[C@H]1C(=O)N[C@@H](CS)C(=O)O. The molecule has 0 saturated carbocycles. The first-order chi connectivity index (χ1) is 53.8. The molecule has 622 valence electrons. The monoisotopic (exact) mass is 1650 g/mol. The zero-order valence-electron chi connectivity index (χ0n) is 63.6. The van der Waals surface area contributed by atoms with Crippen molar-refractivity contribution in [1.29, 1.82) is 0 Å². The molecule has 24 N–H and O–H groups in total. The lowest BCUT2D eigenvalue weighted by Gasteiger charge is -2.33. The van der Waals surface area contributed by atoms with Crippen LogP contribution in [0.1, 0.15) is 102 Å². The number of aromatic nitrogens is 2. The third-order valence-electron chi connectivity index (χ3n) is 17.7. The summed E-state index contributed by atoms with van der Waals surface area (Å²) in [5.41, 5.74) is 24.0. The number of guanidine groups is 1. The van der Waals surface area contributed by atoms with Gasteiger partial charge in [0.25, 0.3) is 0 Å². The second kappa shape index (κ2) is 46.2. The van der Waals surface area contributed by atoms with E-state index in [9.17, 15) is 87.2 Å². The number of phenols is 1. The number of hydrogen-bond acceptors (Lipinski definition) is 22. The minimum absolute atomic E-state index is 0.0300. The van der Waals surface area contributed by atoms with E-state index < -0.39 is 186 Å². The number of carbonyl (C=O) groups excluding carboxylic acids is 14. The summed E-state index contributed by atoms with van der Waals surface area (Å²) in [4.78, 5) is 217. The van der Waals surface area contributed by atoms with Crippen LogP contribution in [0.3, 0.4) is 0 Å². The van der Waals surface area contributed by atoms with E-state index in [4.69, 9.17) is 34.5 Å². The number of rotatable bonds is 46. The number of likely N-dealkylation sites (tertiary alicyclic amines) is 1. The number of phenolic OH excluding ortho intramolecular Hbond substituents is 1. The molecular formula is C73H103ClN20O18S2. The van der Waals surface area contributed by atoms with Crippen LogP contribution in [0.2, 0.25) is 5.02 Å². The maximum absolute atomic E-state index is 14.5. The van der Waals surface area contributed by atoms with Crippen LogP contribution in [0.15, 0.2) is 96.4 Å². The molecule has 12 atom stereocenters. The van der Waals surface area contributed by atoms with E-state index in [2.05, 4.69) is 104 Å². The van der Waals surface area contributed by atoms with Crippen LogP contribution in [0, 0.1) is 5.92 Å². The van der Waals surface area contributed by atoms with Crippen molar-refractivity contribution in [2.45, 2.75) is 183 Å². The average Bonchev–Trinajstić information content (AvgIpc) is 1.51. The first kappa shape index (κ1) is 93.5. The van der Waals surface area contributed by atoms with Gasteiger partial charge in [-0.05, 0) is 106 Å². The molecule has 0 aliphatic carbocycles. The summed E-state index contributed by atoms with van der Waals surface area (Å²) in [5.74, 6) is -14.6. The quantitative estimate of drug-likeness (QED) is 0.00859. The highest BCUT2D eigenvalue weighted by Crippen LogP contribution is 2.23. The number of aliphatic hydroxyl groups is 1. The maximum Gasteiger partial charge on any atom is 0.327 e. The number of carboxylic acid groups (broad SMARTS) is 1. The molecule has 1 aliphatic rings. The van der Waals surface area contributed by atoms with Crippen molar-refractivity contribution in [3.63, 3.8) is 0 Å². The lowest BCUT2D eigenvalue weighted by atomic mass is 9.99. The zero-order valence-corrected chi connectivity index (χ0v) is 66.1. The van der Waals surface area contributed by atoms with Gasteiger partial charge in [0.2, 0.25) is 82.7 Å². The number of carboxylic acids is 1. The van der Waals surface area contributed by atoms with E-state index >= 15 is 0 Å². The number of carbonyl (C=O) groups is 15. The van der Waals surface area contributed by atoms with Gasteiger partial charge in [-0.3, -0.25) is 72.1 Å². The third kappa shape index (κ3) is 32.2. The molecule has 1 aliphatic heterocycles. The van der Waals surface area contributed by atoms with Crippen LogP contribution < -0.4 is 86.7 Å². The second-order valence-electron chi connectivity index (χ2n) is 28.2. The number of aliphatic imine (C=N–C) groups is 1. The molecule has 2 heterocycles. The summed E-state index contributed by atoms with van der Waals surface area (Å²) in [7, 11) is 0. The molecule has 38 nitrogen and oxygen atoms in total. The first-order valence-corrected chi connectivity index (χ1v) is 38.0. The second-order valence-corrected chi connectivity index (χ2v) is 30.1. The number of aliphatic carboxylic acids is 1. The maximum atomic E-state index is 14.5. The Morgan fingerprint density at radius 1 is 0.614 bits per heavy atom. The number of nitrogens with zero attached hydrogens (tertiary/aromatic N) is 3. The number of thiol groups is 2. The van der Waals surface area contributed by atoms with Crippen molar-refractivity contribution in [3.8, 4) is 5.75 Å².